The Morgan fingerprint density at radius 3 is 2.85 bits per heavy atom. The molecule has 1 amide bonds. The second-order valence-electron chi connectivity index (χ2n) is 4.62. The van der Waals surface area contributed by atoms with Crippen LogP contribution in [-0.2, 0) is 6.42 Å². The van der Waals surface area contributed by atoms with E-state index < -0.39 is 5.82 Å². The first-order chi connectivity index (χ1) is 9.61. The molecule has 106 valence electrons. The number of halogens is 1. The summed E-state index contributed by atoms with van der Waals surface area (Å²) in [5.74, 6) is -0.692. The Morgan fingerprint density at radius 2 is 2.20 bits per heavy atom. The summed E-state index contributed by atoms with van der Waals surface area (Å²) in [7, 11) is 1.60. The molecular formula is C15H17FN2OS. The third kappa shape index (κ3) is 3.36. The first kappa shape index (κ1) is 14.5. The first-order valence-electron chi connectivity index (χ1n) is 6.40. The number of hydrogen-bond donors (Lipinski definition) is 2. The molecule has 0 spiro atoms. The van der Waals surface area contributed by atoms with Crippen molar-refractivity contribution in [3.63, 3.8) is 0 Å². The van der Waals surface area contributed by atoms with Gasteiger partial charge >= 0.3 is 0 Å². The predicted octanol–water partition coefficient (Wildman–Crippen LogP) is 3.29. The van der Waals surface area contributed by atoms with Crippen LogP contribution in [0.4, 0.5) is 10.1 Å². The third-order valence-corrected chi connectivity index (χ3v) is 3.74. The van der Waals surface area contributed by atoms with Crippen LogP contribution < -0.4 is 10.6 Å². The number of para-hydroxylation sites is 1. The van der Waals surface area contributed by atoms with Crippen LogP contribution in [0, 0.1) is 5.82 Å². The Labute approximate surface area is 121 Å². The molecule has 1 aromatic carbocycles. The topological polar surface area (TPSA) is 41.1 Å². The number of rotatable bonds is 5. The standard InChI is InChI=1S/C15H17FN2OS/c1-10(8-11-6-7-20-9-11)18-15(19)12-4-3-5-13(16)14(12)17-2/h3-7,9-10,17H,8H2,1-2H3,(H,18,19). The molecular weight excluding hydrogens is 275 g/mol. The molecule has 3 nitrogen and oxygen atoms in total. The van der Waals surface area contributed by atoms with Gasteiger partial charge in [-0.25, -0.2) is 4.39 Å². The number of amides is 1. The molecule has 0 aliphatic carbocycles. The van der Waals surface area contributed by atoms with E-state index in [-0.39, 0.29) is 17.6 Å². The summed E-state index contributed by atoms with van der Waals surface area (Å²) in [5.41, 5.74) is 1.74. The Kier molecular flexibility index (Phi) is 4.74. The molecule has 2 rings (SSSR count). The summed E-state index contributed by atoms with van der Waals surface area (Å²) in [6, 6.07) is 6.51. The second-order valence-corrected chi connectivity index (χ2v) is 5.40. The highest BCUT2D eigenvalue weighted by molar-refractivity contribution is 7.07. The molecule has 0 aliphatic rings. The van der Waals surface area contributed by atoms with Crippen molar-refractivity contribution in [3.05, 3.63) is 52.0 Å². The highest BCUT2D eigenvalue weighted by atomic mass is 32.1. The van der Waals surface area contributed by atoms with Crippen molar-refractivity contribution in [2.24, 2.45) is 0 Å². The lowest BCUT2D eigenvalue weighted by Crippen LogP contribution is -2.34. The molecule has 20 heavy (non-hydrogen) atoms. The van der Waals surface area contributed by atoms with Gasteiger partial charge in [-0.2, -0.15) is 11.3 Å². The fourth-order valence-electron chi connectivity index (χ4n) is 2.08. The normalized spacial score (nSPS) is 11.9. The smallest absolute Gasteiger partial charge is 0.253 e. The van der Waals surface area contributed by atoms with Gasteiger partial charge in [0.25, 0.3) is 5.91 Å². The summed E-state index contributed by atoms with van der Waals surface area (Å²) >= 11 is 1.63. The number of anilines is 1. The quantitative estimate of drug-likeness (QED) is 0.888. The minimum absolute atomic E-state index is 0.00919. The Morgan fingerprint density at radius 1 is 1.40 bits per heavy atom. The minimum Gasteiger partial charge on any atom is -0.385 e. The minimum atomic E-state index is -0.425. The summed E-state index contributed by atoms with van der Waals surface area (Å²) in [6.07, 6.45) is 0.763. The van der Waals surface area contributed by atoms with Crippen molar-refractivity contribution in [3.8, 4) is 0 Å². The van der Waals surface area contributed by atoms with Gasteiger partial charge in [0, 0.05) is 13.1 Å². The Bertz CT molecular complexity index is 584. The van der Waals surface area contributed by atoms with Crippen LogP contribution >= 0.6 is 11.3 Å². The van der Waals surface area contributed by atoms with E-state index in [9.17, 15) is 9.18 Å². The van der Waals surface area contributed by atoms with Gasteiger partial charge in [-0.1, -0.05) is 6.07 Å². The third-order valence-electron chi connectivity index (χ3n) is 3.01. The zero-order chi connectivity index (χ0) is 14.5. The Balaban J connectivity index is 2.06. The lowest BCUT2D eigenvalue weighted by atomic mass is 10.1. The molecule has 2 aromatic rings. The lowest BCUT2D eigenvalue weighted by Gasteiger charge is -2.15. The molecule has 5 heteroatoms. The van der Waals surface area contributed by atoms with Crippen LogP contribution in [-0.4, -0.2) is 19.0 Å². The highest BCUT2D eigenvalue weighted by Gasteiger charge is 2.16. The van der Waals surface area contributed by atoms with Crippen LogP contribution in [0.5, 0.6) is 0 Å². The average Bonchev–Trinajstić information content (AvgIpc) is 2.90. The highest BCUT2D eigenvalue weighted by Crippen LogP contribution is 2.19. The molecule has 1 aromatic heterocycles. The monoisotopic (exact) mass is 292 g/mol. The number of thiophene rings is 1. The van der Waals surface area contributed by atoms with Crippen molar-refractivity contribution >= 4 is 22.9 Å². The van der Waals surface area contributed by atoms with Crippen molar-refractivity contribution in [2.75, 3.05) is 12.4 Å². The lowest BCUT2D eigenvalue weighted by molar-refractivity contribution is 0.0940. The molecule has 0 bridgehead atoms. The van der Waals surface area contributed by atoms with Gasteiger partial charge in [-0.05, 0) is 47.9 Å². The van der Waals surface area contributed by atoms with E-state index in [1.54, 1.807) is 24.5 Å². The van der Waals surface area contributed by atoms with Gasteiger partial charge in [0.05, 0.1) is 11.3 Å². The number of carbonyl (C=O) groups is 1. The van der Waals surface area contributed by atoms with E-state index in [4.69, 9.17) is 0 Å². The maximum absolute atomic E-state index is 13.6. The zero-order valence-electron chi connectivity index (χ0n) is 11.4. The first-order valence-corrected chi connectivity index (χ1v) is 7.34. The summed E-state index contributed by atoms with van der Waals surface area (Å²) in [5, 5.41) is 9.69. The van der Waals surface area contributed by atoms with E-state index >= 15 is 0 Å². The number of hydrogen-bond acceptors (Lipinski definition) is 3. The van der Waals surface area contributed by atoms with Crippen molar-refractivity contribution in [1.82, 2.24) is 5.32 Å². The maximum Gasteiger partial charge on any atom is 0.253 e. The Hall–Kier alpha value is -1.88. The van der Waals surface area contributed by atoms with Gasteiger partial charge in [0.1, 0.15) is 5.82 Å². The summed E-state index contributed by atoms with van der Waals surface area (Å²) < 4.78 is 13.6. The summed E-state index contributed by atoms with van der Waals surface area (Å²) in [6.45, 7) is 1.94. The molecule has 0 saturated carbocycles. The molecule has 1 unspecified atom stereocenters. The number of carbonyl (C=O) groups excluding carboxylic acids is 1. The largest absolute Gasteiger partial charge is 0.385 e. The number of benzene rings is 1. The SMILES string of the molecule is CNc1c(F)cccc1C(=O)NC(C)Cc1ccsc1. The molecule has 0 aliphatic heterocycles. The van der Waals surface area contributed by atoms with Gasteiger partial charge in [-0.3, -0.25) is 4.79 Å². The molecule has 0 fully saturated rings. The van der Waals surface area contributed by atoms with Gasteiger partial charge in [-0.15, -0.1) is 0 Å². The average molecular weight is 292 g/mol. The predicted molar refractivity (Wildman–Crippen MR) is 80.9 cm³/mol. The molecule has 0 saturated heterocycles. The molecule has 2 N–H and O–H groups in total. The van der Waals surface area contributed by atoms with Crippen LogP contribution in [0.1, 0.15) is 22.8 Å². The number of nitrogens with one attached hydrogen (secondary N) is 2. The van der Waals surface area contributed by atoms with Crippen molar-refractivity contribution in [2.45, 2.75) is 19.4 Å². The van der Waals surface area contributed by atoms with Gasteiger partial charge in [0.2, 0.25) is 0 Å². The summed E-state index contributed by atoms with van der Waals surface area (Å²) in [4.78, 5) is 12.2. The molecule has 0 radical (unpaired) electrons. The van der Waals surface area contributed by atoms with Crippen LogP contribution in [0.15, 0.2) is 35.0 Å². The zero-order valence-corrected chi connectivity index (χ0v) is 12.3. The van der Waals surface area contributed by atoms with E-state index in [2.05, 4.69) is 16.0 Å². The maximum atomic E-state index is 13.6. The molecule has 1 atom stereocenters. The van der Waals surface area contributed by atoms with Crippen LogP contribution in [0.3, 0.4) is 0 Å². The van der Waals surface area contributed by atoms with Crippen LogP contribution in [0.2, 0.25) is 0 Å². The van der Waals surface area contributed by atoms with E-state index in [1.165, 1.54) is 17.7 Å². The fourth-order valence-corrected chi connectivity index (χ4v) is 2.76. The van der Waals surface area contributed by atoms with E-state index in [0.29, 0.717) is 5.56 Å². The van der Waals surface area contributed by atoms with Crippen molar-refractivity contribution in [1.29, 1.82) is 0 Å². The molecule has 1 heterocycles. The van der Waals surface area contributed by atoms with Gasteiger partial charge < -0.3 is 10.6 Å². The van der Waals surface area contributed by atoms with E-state index in [0.717, 1.165) is 6.42 Å². The van der Waals surface area contributed by atoms with Crippen LogP contribution in [0.25, 0.3) is 0 Å². The second kappa shape index (κ2) is 6.52. The van der Waals surface area contributed by atoms with Crippen molar-refractivity contribution < 1.29 is 9.18 Å². The van der Waals surface area contributed by atoms with E-state index in [1.807, 2.05) is 18.4 Å². The van der Waals surface area contributed by atoms with Gasteiger partial charge in [0.15, 0.2) is 0 Å². The fraction of sp³-hybridized carbons (Fsp3) is 0.267.